The predicted molar refractivity (Wildman–Crippen MR) is 73.5 cm³/mol. The van der Waals surface area contributed by atoms with Crippen LogP contribution in [0.4, 0.5) is 13.2 Å². The lowest BCUT2D eigenvalue weighted by molar-refractivity contribution is -0.274. The second-order valence-electron chi connectivity index (χ2n) is 5.76. The summed E-state index contributed by atoms with van der Waals surface area (Å²) in [6.45, 7) is 2.83. The van der Waals surface area contributed by atoms with Crippen molar-refractivity contribution >= 4 is 5.91 Å². The number of para-hydroxylation sites is 1. The van der Waals surface area contributed by atoms with E-state index in [1.54, 1.807) is 0 Å². The number of hydrogen-bond acceptors (Lipinski definition) is 3. The molecule has 0 aromatic heterocycles. The Kier molecular flexibility index (Phi) is 3.99. The van der Waals surface area contributed by atoms with E-state index in [1.165, 1.54) is 18.2 Å². The molecule has 4 nitrogen and oxygen atoms in total. The van der Waals surface area contributed by atoms with Gasteiger partial charge in [0.2, 0.25) is 0 Å². The van der Waals surface area contributed by atoms with Crippen molar-refractivity contribution in [2.75, 3.05) is 19.6 Å². The van der Waals surface area contributed by atoms with Crippen LogP contribution in [0.15, 0.2) is 24.3 Å². The van der Waals surface area contributed by atoms with Crippen LogP contribution in [0.5, 0.6) is 5.75 Å². The van der Waals surface area contributed by atoms with Gasteiger partial charge in [-0.05, 0) is 44.0 Å². The third-order valence-electron chi connectivity index (χ3n) is 4.33. The summed E-state index contributed by atoms with van der Waals surface area (Å²) in [6, 6.07) is 5.42. The first-order valence-corrected chi connectivity index (χ1v) is 7.30. The Balaban J connectivity index is 1.72. The number of alkyl halides is 3. The van der Waals surface area contributed by atoms with Crippen LogP contribution in [0, 0.1) is 5.92 Å². The van der Waals surface area contributed by atoms with Gasteiger partial charge in [0.05, 0.1) is 5.56 Å². The van der Waals surface area contributed by atoms with E-state index in [2.05, 4.69) is 15.0 Å². The number of piperidine rings is 3. The number of benzene rings is 1. The summed E-state index contributed by atoms with van der Waals surface area (Å²) >= 11 is 0. The summed E-state index contributed by atoms with van der Waals surface area (Å²) < 4.78 is 41.1. The topological polar surface area (TPSA) is 41.6 Å². The van der Waals surface area contributed by atoms with E-state index in [4.69, 9.17) is 0 Å². The van der Waals surface area contributed by atoms with Gasteiger partial charge < -0.3 is 15.0 Å². The summed E-state index contributed by atoms with van der Waals surface area (Å²) in [7, 11) is 0. The predicted octanol–water partition coefficient (Wildman–Crippen LogP) is 2.41. The first-order chi connectivity index (χ1) is 10.4. The molecule has 1 aromatic rings. The summed E-state index contributed by atoms with van der Waals surface area (Å²) in [5, 5.41) is 2.86. The lowest BCUT2D eigenvalue weighted by atomic mass is 9.84. The number of carbonyl (C=O) groups excluding carboxylic acids is 1. The molecular weight excluding hydrogens is 297 g/mol. The van der Waals surface area contributed by atoms with E-state index in [-0.39, 0.29) is 11.6 Å². The van der Waals surface area contributed by atoms with Crippen molar-refractivity contribution < 1.29 is 22.7 Å². The fraction of sp³-hybridized carbons (Fsp3) is 0.533. The number of amides is 1. The zero-order valence-corrected chi connectivity index (χ0v) is 11.9. The summed E-state index contributed by atoms with van der Waals surface area (Å²) in [6.07, 6.45) is -2.77. The molecule has 3 heterocycles. The second kappa shape index (κ2) is 5.79. The van der Waals surface area contributed by atoms with E-state index in [9.17, 15) is 18.0 Å². The molecule has 1 aromatic carbocycles. The minimum absolute atomic E-state index is 0.00561. The standard InChI is InChI=1S/C15H17F3N2O2/c16-15(17,18)22-13-4-2-1-3-11(13)14(21)19-12-9-20-7-5-10(12)6-8-20/h1-4,10,12H,5-9H2,(H,19,21). The normalized spacial score (nSPS) is 27.5. The minimum Gasteiger partial charge on any atom is -0.405 e. The SMILES string of the molecule is O=C(NC1CN2CCC1CC2)c1ccccc1OC(F)(F)F. The molecule has 120 valence electrons. The van der Waals surface area contributed by atoms with Crippen LogP contribution in [-0.4, -0.2) is 42.8 Å². The maximum atomic E-state index is 12.4. The molecule has 3 aliphatic heterocycles. The van der Waals surface area contributed by atoms with Crippen molar-refractivity contribution in [1.82, 2.24) is 10.2 Å². The van der Waals surface area contributed by atoms with Crippen LogP contribution in [-0.2, 0) is 0 Å². The van der Waals surface area contributed by atoms with E-state index in [0.717, 1.165) is 38.5 Å². The summed E-state index contributed by atoms with van der Waals surface area (Å²) in [5.74, 6) is -0.572. The van der Waals surface area contributed by atoms with Crippen molar-refractivity contribution in [2.45, 2.75) is 25.2 Å². The number of nitrogens with zero attached hydrogens (tertiary/aromatic N) is 1. The maximum absolute atomic E-state index is 12.4. The largest absolute Gasteiger partial charge is 0.573 e. The van der Waals surface area contributed by atoms with E-state index >= 15 is 0 Å². The number of nitrogens with one attached hydrogen (secondary N) is 1. The molecular formula is C15H17F3N2O2. The molecule has 7 heteroatoms. The highest BCUT2D eigenvalue weighted by molar-refractivity contribution is 5.97. The first kappa shape index (κ1) is 15.1. The Labute approximate surface area is 126 Å². The highest BCUT2D eigenvalue weighted by Crippen LogP contribution is 2.29. The van der Waals surface area contributed by atoms with Crippen LogP contribution in [0.1, 0.15) is 23.2 Å². The Morgan fingerprint density at radius 2 is 1.91 bits per heavy atom. The van der Waals surface area contributed by atoms with Crippen molar-refractivity contribution in [3.8, 4) is 5.75 Å². The monoisotopic (exact) mass is 314 g/mol. The molecule has 4 rings (SSSR count). The van der Waals surface area contributed by atoms with Crippen molar-refractivity contribution in [3.63, 3.8) is 0 Å². The van der Waals surface area contributed by atoms with Crippen LogP contribution < -0.4 is 10.1 Å². The van der Waals surface area contributed by atoms with Crippen LogP contribution in [0.3, 0.4) is 0 Å². The first-order valence-electron chi connectivity index (χ1n) is 7.30. The lowest BCUT2D eigenvalue weighted by Crippen LogP contribution is -2.57. The zero-order valence-electron chi connectivity index (χ0n) is 11.9. The molecule has 0 aliphatic carbocycles. The quantitative estimate of drug-likeness (QED) is 0.931. The Hall–Kier alpha value is -1.76. The fourth-order valence-electron chi connectivity index (χ4n) is 3.24. The van der Waals surface area contributed by atoms with Gasteiger partial charge in [-0.3, -0.25) is 4.79 Å². The third kappa shape index (κ3) is 3.35. The molecule has 0 saturated carbocycles. The number of ether oxygens (including phenoxy) is 1. The molecule has 3 fully saturated rings. The highest BCUT2D eigenvalue weighted by Gasteiger charge is 2.36. The minimum atomic E-state index is -4.81. The van der Waals surface area contributed by atoms with Crippen molar-refractivity contribution in [2.24, 2.45) is 5.92 Å². The molecule has 1 amide bonds. The summed E-state index contributed by atoms with van der Waals surface area (Å²) in [4.78, 5) is 14.6. The highest BCUT2D eigenvalue weighted by atomic mass is 19.4. The molecule has 3 saturated heterocycles. The fourth-order valence-corrected chi connectivity index (χ4v) is 3.24. The second-order valence-corrected chi connectivity index (χ2v) is 5.76. The zero-order chi connectivity index (χ0) is 15.7. The van der Waals surface area contributed by atoms with Gasteiger partial charge in [0, 0.05) is 12.6 Å². The van der Waals surface area contributed by atoms with Gasteiger partial charge in [0.25, 0.3) is 5.91 Å². The lowest BCUT2D eigenvalue weighted by Gasteiger charge is -2.44. The molecule has 3 aliphatic rings. The van der Waals surface area contributed by atoms with Gasteiger partial charge >= 0.3 is 6.36 Å². The Bertz CT molecular complexity index is 554. The van der Waals surface area contributed by atoms with E-state index in [0.29, 0.717) is 5.92 Å². The number of halogens is 3. The van der Waals surface area contributed by atoms with Crippen molar-refractivity contribution in [3.05, 3.63) is 29.8 Å². The van der Waals surface area contributed by atoms with Crippen molar-refractivity contribution in [1.29, 1.82) is 0 Å². The number of hydrogen-bond donors (Lipinski definition) is 1. The molecule has 1 atom stereocenters. The molecule has 22 heavy (non-hydrogen) atoms. The van der Waals surface area contributed by atoms with Gasteiger partial charge in [-0.25, -0.2) is 0 Å². The third-order valence-corrected chi connectivity index (χ3v) is 4.33. The van der Waals surface area contributed by atoms with Gasteiger partial charge in [-0.1, -0.05) is 12.1 Å². The number of rotatable bonds is 3. The summed E-state index contributed by atoms with van der Waals surface area (Å²) in [5.41, 5.74) is -0.0868. The number of carbonyl (C=O) groups is 1. The van der Waals surface area contributed by atoms with Crippen LogP contribution in [0.2, 0.25) is 0 Å². The smallest absolute Gasteiger partial charge is 0.405 e. The Morgan fingerprint density at radius 3 is 2.50 bits per heavy atom. The van der Waals surface area contributed by atoms with Crippen LogP contribution >= 0.6 is 0 Å². The number of fused-ring (bicyclic) bond motifs is 3. The van der Waals surface area contributed by atoms with E-state index in [1.807, 2.05) is 0 Å². The molecule has 1 unspecified atom stereocenters. The molecule has 2 bridgehead atoms. The average Bonchev–Trinajstić information content (AvgIpc) is 2.47. The molecule has 1 N–H and O–H groups in total. The van der Waals surface area contributed by atoms with Gasteiger partial charge in [-0.15, -0.1) is 13.2 Å². The van der Waals surface area contributed by atoms with Crippen LogP contribution in [0.25, 0.3) is 0 Å². The maximum Gasteiger partial charge on any atom is 0.573 e. The average molecular weight is 314 g/mol. The van der Waals surface area contributed by atoms with E-state index < -0.39 is 18.0 Å². The Morgan fingerprint density at radius 1 is 1.23 bits per heavy atom. The molecule has 0 spiro atoms. The van der Waals surface area contributed by atoms with Gasteiger partial charge in [-0.2, -0.15) is 0 Å². The molecule has 0 radical (unpaired) electrons. The van der Waals surface area contributed by atoms with Gasteiger partial charge in [0.15, 0.2) is 0 Å². The van der Waals surface area contributed by atoms with Gasteiger partial charge in [0.1, 0.15) is 5.75 Å².